The minimum Gasteiger partial charge on any atom is -0.368 e. The fourth-order valence-corrected chi connectivity index (χ4v) is 2.71. The predicted molar refractivity (Wildman–Crippen MR) is 79.7 cm³/mol. The van der Waals surface area contributed by atoms with Gasteiger partial charge in [-0.3, -0.25) is 9.89 Å². The second-order valence-electron chi connectivity index (χ2n) is 5.41. The number of hydrogen-bond acceptors (Lipinski definition) is 6. The first-order chi connectivity index (χ1) is 10.1. The quantitative estimate of drug-likeness (QED) is 0.748. The number of nitrogens with zero attached hydrogens (tertiary/aromatic N) is 4. The average molecular weight is 289 g/mol. The van der Waals surface area contributed by atoms with E-state index in [0.29, 0.717) is 11.6 Å². The van der Waals surface area contributed by atoms with Gasteiger partial charge in [0.2, 0.25) is 11.9 Å². The van der Waals surface area contributed by atoms with Gasteiger partial charge in [-0.2, -0.15) is 15.1 Å². The average Bonchev–Trinajstić information content (AvgIpc) is 2.93. The molecule has 2 aromatic rings. The molecule has 1 aliphatic heterocycles. The smallest absolute Gasteiger partial charge is 0.224 e. The van der Waals surface area contributed by atoms with E-state index in [9.17, 15) is 4.79 Å². The van der Waals surface area contributed by atoms with Gasteiger partial charge in [-0.25, -0.2) is 0 Å². The monoisotopic (exact) mass is 289 g/mol. The molecule has 21 heavy (non-hydrogen) atoms. The maximum Gasteiger partial charge on any atom is 0.224 e. The van der Waals surface area contributed by atoms with Crippen molar-refractivity contribution in [3.05, 3.63) is 6.20 Å². The number of aromatic amines is 1. The van der Waals surface area contributed by atoms with Crippen LogP contribution in [0.1, 0.15) is 19.8 Å². The summed E-state index contributed by atoms with van der Waals surface area (Å²) in [6.07, 6.45) is 3.76. The Bertz CT molecular complexity index is 645. The van der Waals surface area contributed by atoms with Crippen molar-refractivity contribution in [1.29, 1.82) is 0 Å². The molecule has 1 aliphatic rings. The number of rotatable bonds is 3. The number of nitrogen functional groups attached to an aromatic ring is 1. The van der Waals surface area contributed by atoms with E-state index in [1.165, 1.54) is 0 Å². The number of H-pyrrole nitrogens is 1. The fraction of sp³-hybridized carbons (Fsp3) is 0.538. The third kappa shape index (κ3) is 2.88. The maximum atomic E-state index is 11.0. The van der Waals surface area contributed by atoms with Crippen LogP contribution in [0.25, 0.3) is 11.0 Å². The van der Waals surface area contributed by atoms with E-state index >= 15 is 0 Å². The molecule has 1 fully saturated rings. The topological polar surface area (TPSA) is 113 Å². The highest BCUT2D eigenvalue weighted by atomic mass is 16.1. The SMILES string of the molecule is CC(=O)NCC1CCN(c2nc(N)nc3[nH]ncc23)CC1. The summed E-state index contributed by atoms with van der Waals surface area (Å²) in [6, 6.07) is 0. The van der Waals surface area contributed by atoms with Gasteiger partial charge >= 0.3 is 0 Å². The summed E-state index contributed by atoms with van der Waals surface area (Å²) in [4.78, 5) is 21.7. The van der Waals surface area contributed by atoms with Crippen LogP contribution in [0.15, 0.2) is 6.20 Å². The molecule has 2 aromatic heterocycles. The number of nitrogens with one attached hydrogen (secondary N) is 2. The number of carbonyl (C=O) groups is 1. The molecule has 8 nitrogen and oxygen atoms in total. The minimum atomic E-state index is 0.0288. The maximum absolute atomic E-state index is 11.0. The Labute approximate surface area is 122 Å². The molecule has 0 aliphatic carbocycles. The zero-order valence-electron chi connectivity index (χ0n) is 12.0. The fourth-order valence-electron chi connectivity index (χ4n) is 2.71. The zero-order valence-corrected chi connectivity index (χ0v) is 12.0. The van der Waals surface area contributed by atoms with Crippen LogP contribution in [0.4, 0.5) is 11.8 Å². The third-order valence-corrected chi connectivity index (χ3v) is 3.86. The van der Waals surface area contributed by atoms with E-state index in [-0.39, 0.29) is 11.9 Å². The number of aromatic nitrogens is 4. The van der Waals surface area contributed by atoms with Crippen LogP contribution in [0.3, 0.4) is 0 Å². The lowest BCUT2D eigenvalue weighted by Crippen LogP contribution is -2.38. The largest absolute Gasteiger partial charge is 0.368 e. The van der Waals surface area contributed by atoms with Crippen LogP contribution in [0, 0.1) is 5.92 Å². The second-order valence-corrected chi connectivity index (χ2v) is 5.41. The number of carbonyl (C=O) groups excluding carboxylic acids is 1. The number of piperidine rings is 1. The standard InChI is InChI=1S/C13H19N7O/c1-8(21)15-6-9-2-4-20(5-3-9)12-10-7-16-19-11(10)17-13(14)18-12/h7,9H,2-6H2,1H3,(H,15,21)(H3,14,16,17,18,19). The third-order valence-electron chi connectivity index (χ3n) is 3.86. The first-order valence-electron chi connectivity index (χ1n) is 7.09. The Kier molecular flexibility index (Phi) is 3.59. The molecule has 1 amide bonds. The summed E-state index contributed by atoms with van der Waals surface area (Å²) < 4.78 is 0. The summed E-state index contributed by atoms with van der Waals surface area (Å²) >= 11 is 0. The Balaban J connectivity index is 1.71. The number of amides is 1. The summed E-state index contributed by atoms with van der Waals surface area (Å²) in [6.45, 7) is 4.08. The molecular weight excluding hydrogens is 270 g/mol. The van der Waals surface area contributed by atoms with Gasteiger partial charge in [0.25, 0.3) is 0 Å². The van der Waals surface area contributed by atoms with E-state index in [0.717, 1.165) is 43.7 Å². The number of nitrogens with two attached hydrogens (primary N) is 1. The first-order valence-corrected chi connectivity index (χ1v) is 7.09. The molecule has 0 saturated carbocycles. The Hall–Kier alpha value is -2.38. The molecule has 0 atom stereocenters. The van der Waals surface area contributed by atoms with Crippen molar-refractivity contribution in [3.63, 3.8) is 0 Å². The van der Waals surface area contributed by atoms with Crippen molar-refractivity contribution in [2.75, 3.05) is 30.3 Å². The van der Waals surface area contributed by atoms with E-state index in [1.54, 1.807) is 13.1 Å². The predicted octanol–water partition coefficient (Wildman–Crippen LogP) is 0.288. The van der Waals surface area contributed by atoms with Crippen molar-refractivity contribution >= 4 is 28.7 Å². The normalized spacial score (nSPS) is 16.3. The molecule has 4 N–H and O–H groups in total. The van der Waals surface area contributed by atoms with Crippen molar-refractivity contribution in [1.82, 2.24) is 25.5 Å². The van der Waals surface area contributed by atoms with Crippen LogP contribution in [-0.2, 0) is 4.79 Å². The minimum absolute atomic E-state index is 0.0288. The van der Waals surface area contributed by atoms with Gasteiger partial charge in [-0.05, 0) is 18.8 Å². The van der Waals surface area contributed by atoms with Gasteiger partial charge < -0.3 is 16.0 Å². The van der Waals surface area contributed by atoms with Crippen molar-refractivity contribution in [2.45, 2.75) is 19.8 Å². The van der Waals surface area contributed by atoms with Gasteiger partial charge in [-0.1, -0.05) is 0 Å². The van der Waals surface area contributed by atoms with Crippen LogP contribution < -0.4 is 16.0 Å². The molecule has 1 saturated heterocycles. The summed E-state index contributed by atoms with van der Waals surface area (Å²) in [5.74, 6) is 1.64. The van der Waals surface area contributed by atoms with Gasteiger partial charge in [0.05, 0.1) is 11.6 Å². The number of anilines is 2. The first kappa shape index (κ1) is 13.6. The van der Waals surface area contributed by atoms with E-state index < -0.39 is 0 Å². The van der Waals surface area contributed by atoms with Crippen molar-refractivity contribution in [3.8, 4) is 0 Å². The molecule has 3 rings (SSSR count). The summed E-state index contributed by atoms with van der Waals surface area (Å²) in [5, 5.41) is 10.6. The Morgan fingerprint density at radius 1 is 1.48 bits per heavy atom. The molecule has 0 spiro atoms. The Morgan fingerprint density at radius 3 is 2.95 bits per heavy atom. The highest BCUT2D eigenvalue weighted by Crippen LogP contribution is 2.27. The van der Waals surface area contributed by atoms with Crippen LogP contribution in [0.5, 0.6) is 0 Å². The second kappa shape index (κ2) is 5.55. The lowest BCUT2D eigenvalue weighted by atomic mass is 9.96. The highest BCUT2D eigenvalue weighted by Gasteiger charge is 2.22. The van der Waals surface area contributed by atoms with E-state index in [2.05, 4.69) is 30.4 Å². The van der Waals surface area contributed by atoms with Crippen LogP contribution >= 0.6 is 0 Å². The lowest BCUT2D eigenvalue weighted by Gasteiger charge is -2.33. The molecule has 112 valence electrons. The van der Waals surface area contributed by atoms with Crippen molar-refractivity contribution < 1.29 is 4.79 Å². The lowest BCUT2D eigenvalue weighted by molar-refractivity contribution is -0.119. The number of hydrogen-bond donors (Lipinski definition) is 3. The molecule has 0 bridgehead atoms. The molecule has 8 heteroatoms. The van der Waals surface area contributed by atoms with Gasteiger partial charge in [0.15, 0.2) is 5.65 Å². The zero-order chi connectivity index (χ0) is 14.8. The summed E-state index contributed by atoms with van der Waals surface area (Å²) in [7, 11) is 0. The molecule has 0 aromatic carbocycles. The van der Waals surface area contributed by atoms with E-state index in [4.69, 9.17) is 5.73 Å². The Morgan fingerprint density at radius 2 is 2.24 bits per heavy atom. The van der Waals surface area contributed by atoms with Gasteiger partial charge in [0.1, 0.15) is 5.82 Å². The van der Waals surface area contributed by atoms with Gasteiger partial charge in [-0.15, -0.1) is 0 Å². The van der Waals surface area contributed by atoms with Crippen LogP contribution in [0.2, 0.25) is 0 Å². The number of fused-ring (bicyclic) bond motifs is 1. The molecule has 3 heterocycles. The molecular formula is C13H19N7O. The highest BCUT2D eigenvalue weighted by molar-refractivity contribution is 5.87. The van der Waals surface area contributed by atoms with Crippen molar-refractivity contribution in [2.24, 2.45) is 5.92 Å². The van der Waals surface area contributed by atoms with E-state index in [1.807, 2.05) is 0 Å². The van der Waals surface area contributed by atoms with Gasteiger partial charge in [0, 0.05) is 26.6 Å². The summed E-state index contributed by atoms with van der Waals surface area (Å²) in [5.41, 5.74) is 6.42. The molecule has 0 unspecified atom stereocenters. The van der Waals surface area contributed by atoms with Crippen LogP contribution in [-0.4, -0.2) is 45.7 Å². The molecule has 0 radical (unpaired) electrons.